The molecular weight excluding hydrogens is 260 g/mol. The highest BCUT2D eigenvalue weighted by Crippen LogP contribution is 2.27. The predicted molar refractivity (Wildman–Crippen MR) is 89.4 cm³/mol. The molecule has 0 aliphatic rings. The van der Waals surface area contributed by atoms with Gasteiger partial charge in [0.15, 0.2) is 0 Å². The quantitative estimate of drug-likeness (QED) is 0.531. The van der Waals surface area contributed by atoms with E-state index >= 15 is 0 Å². The van der Waals surface area contributed by atoms with E-state index in [0.717, 1.165) is 35.1 Å². The average Bonchev–Trinajstić information content (AvgIpc) is 2.94. The van der Waals surface area contributed by atoms with Gasteiger partial charge in [-0.1, -0.05) is 57.6 Å². The zero-order valence-corrected chi connectivity index (χ0v) is 13.4. The van der Waals surface area contributed by atoms with E-state index in [-0.39, 0.29) is 0 Å². The zero-order valence-electron chi connectivity index (χ0n) is 13.4. The molecule has 1 aromatic heterocycles. The lowest BCUT2D eigenvalue weighted by atomic mass is 9.98. The number of hydrogen-bond donors (Lipinski definition) is 2. The summed E-state index contributed by atoms with van der Waals surface area (Å²) in [6, 6.07) is 2.13. The Hall–Kier alpha value is -1.58. The first-order chi connectivity index (χ1) is 10.3. The van der Waals surface area contributed by atoms with Crippen molar-refractivity contribution < 1.29 is 0 Å². The van der Waals surface area contributed by atoms with Gasteiger partial charge in [-0.15, -0.1) is 5.10 Å². The summed E-state index contributed by atoms with van der Waals surface area (Å²) in [6.07, 6.45) is 11.2. The fraction of sp³-hybridized carbons (Fsp3) is 0.647. The van der Waals surface area contributed by atoms with Crippen molar-refractivity contribution in [2.24, 2.45) is 0 Å². The lowest BCUT2D eigenvalue weighted by Gasteiger charge is -2.10. The van der Waals surface area contributed by atoms with Crippen molar-refractivity contribution in [2.75, 3.05) is 5.73 Å². The Morgan fingerprint density at radius 3 is 2.48 bits per heavy atom. The molecule has 0 spiro atoms. The highest BCUT2D eigenvalue weighted by Gasteiger charge is 2.12. The van der Waals surface area contributed by atoms with Crippen molar-refractivity contribution in [3.63, 3.8) is 0 Å². The van der Waals surface area contributed by atoms with Crippen LogP contribution >= 0.6 is 0 Å². The molecule has 0 aliphatic heterocycles. The number of rotatable bonds is 9. The van der Waals surface area contributed by atoms with E-state index in [0.29, 0.717) is 0 Å². The van der Waals surface area contributed by atoms with Crippen LogP contribution in [-0.2, 0) is 12.8 Å². The minimum absolute atomic E-state index is 0.903. The SMILES string of the molecule is CCCCCCCCCc1cc2[nH]nnc2c(CC)c1N. The molecule has 1 aromatic carbocycles. The maximum Gasteiger partial charge on any atom is 0.118 e. The fourth-order valence-electron chi connectivity index (χ4n) is 2.97. The normalized spacial score (nSPS) is 11.3. The van der Waals surface area contributed by atoms with Crippen LogP contribution in [0, 0.1) is 0 Å². The largest absolute Gasteiger partial charge is 0.398 e. The molecule has 3 N–H and O–H groups in total. The first kappa shape index (κ1) is 15.8. The standard InChI is InChI=1S/C17H28N4/c1-3-5-6-7-8-9-10-11-13-12-15-17(20-21-19-15)14(4-2)16(13)18/h12H,3-11,18H2,1-2H3,(H,19,20,21). The van der Waals surface area contributed by atoms with E-state index in [1.165, 1.54) is 50.5 Å². The molecule has 0 saturated carbocycles. The maximum atomic E-state index is 6.32. The van der Waals surface area contributed by atoms with Gasteiger partial charge in [-0.25, -0.2) is 0 Å². The van der Waals surface area contributed by atoms with Crippen molar-refractivity contribution in [3.8, 4) is 0 Å². The predicted octanol–water partition coefficient (Wildman–Crippen LogP) is 4.40. The smallest absolute Gasteiger partial charge is 0.118 e. The molecule has 21 heavy (non-hydrogen) atoms. The van der Waals surface area contributed by atoms with Crippen LogP contribution in [0.2, 0.25) is 0 Å². The molecular formula is C17H28N4. The molecule has 2 rings (SSSR count). The van der Waals surface area contributed by atoms with Gasteiger partial charge in [-0.05, 0) is 30.9 Å². The molecule has 116 valence electrons. The van der Waals surface area contributed by atoms with Crippen LogP contribution in [0.25, 0.3) is 11.0 Å². The minimum atomic E-state index is 0.903. The molecule has 0 amide bonds. The second-order valence-corrected chi connectivity index (χ2v) is 5.86. The van der Waals surface area contributed by atoms with E-state index < -0.39 is 0 Å². The van der Waals surface area contributed by atoms with E-state index in [1.807, 2.05) is 0 Å². The number of nitrogens with two attached hydrogens (primary N) is 1. The van der Waals surface area contributed by atoms with E-state index in [9.17, 15) is 0 Å². The molecule has 4 heteroatoms. The summed E-state index contributed by atoms with van der Waals surface area (Å²) >= 11 is 0. The Bertz CT molecular complexity index is 559. The first-order valence-electron chi connectivity index (χ1n) is 8.38. The van der Waals surface area contributed by atoms with Crippen LogP contribution in [0.4, 0.5) is 5.69 Å². The molecule has 0 saturated heterocycles. The monoisotopic (exact) mass is 288 g/mol. The van der Waals surface area contributed by atoms with Crippen LogP contribution in [0.15, 0.2) is 6.07 Å². The van der Waals surface area contributed by atoms with Gasteiger partial charge in [0.05, 0.1) is 5.52 Å². The fourth-order valence-corrected chi connectivity index (χ4v) is 2.97. The summed E-state index contributed by atoms with van der Waals surface area (Å²) in [6.45, 7) is 4.38. The summed E-state index contributed by atoms with van der Waals surface area (Å²) in [5.41, 5.74) is 11.6. The zero-order chi connectivity index (χ0) is 15.1. The van der Waals surface area contributed by atoms with Gasteiger partial charge in [0, 0.05) is 11.3 Å². The Balaban J connectivity index is 1.91. The second-order valence-electron chi connectivity index (χ2n) is 5.86. The van der Waals surface area contributed by atoms with Gasteiger partial charge in [-0.2, -0.15) is 0 Å². The topological polar surface area (TPSA) is 67.6 Å². The van der Waals surface area contributed by atoms with E-state index in [4.69, 9.17) is 5.73 Å². The van der Waals surface area contributed by atoms with Gasteiger partial charge >= 0.3 is 0 Å². The molecule has 2 aromatic rings. The maximum absolute atomic E-state index is 6.32. The summed E-state index contributed by atoms with van der Waals surface area (Å²) < 4.78 is 0. The Kier molecular flexibility index (Phi) is 6.03. The van der Waals surface area contributed by atoms with Crippen molar-refractivity contribution in [1.29, 1.82) is 0 Å². The van der Waals surface area contributed by atoms with Gasteiger partial charge in [-0.3, -0.25) is 5.10 Å². The average molecular weight is 288 g/mol. The number of H-pyrrole nitrogens is 1. The number of aromatic amines is 1. The third-order valence-corrected chi connectivity index (χ3v) is 4.25. The molecule has 0 unspecified atom stereocenters. The van der Waals surface area contributed by atoms with Crippen molar-refractivity contribution >= 4 is 16.7 Å². The summed E-state index contributed by atoms with van der Waals surface area (Å²) in [7, 11) is 0. The molecule has 0 aliphatic carbocycles. The number of aryl methyl sites for hydroxylation is 2. The number of nitrogen functional groups attached to an aromatic ring is 1. The van der Waals surface area contributed by atoms with Crippen LogP contribution in [0.1, 0.15) is 69.9 Å². The summed E-state index contributed by atoms with van der Waals surface area (Å²) in [5.74, 6) is 0. The van der Waals surface area contributed by atoms with Crippen LogP contribution in [0.5, 0.6) is 0 Å². The number of hydrogen-bond acceptors (Lipinski definition) is 3. The Labute approximate surface area is 127 Å². The van der Waals surface area contributed by atoms with E-state index in [1.54, 1.807) is 0 Å². The van der Waals surface area contributed by atoms with Crippen LogP contribution < -0.4 is 5.73 Å². The van der Waals surface area contributed by atoms with Crippen molar-refractivity contribution in [1.82, 2.24) is 15.4 Å². The van der Waals surface area contributed by atoms with Gasteiger partial charge in [0.1, 0.15) is 5.52 Å². The number of aromatic nitrogens is 3. The second kappa shape index (κ2) is 8.01. The molecule has 0 radical (unpaired) electrons. The minimum Gasteiger partial charge on any atom is -0.398 e. The van der Waals surface area contributed by atoms with Gasteiger partial charge in [0.25, 0.3) is 0 Å². The molecule has 0 bridgehead atoms. The number of nitrogens with one attached hydrogen (secondary N) is 1. The number of unbranched alkanes of at least 4 members (excludes halogenated alkanes) is 6. The third-order valence-electron chi connectivity index (χ3n) is 4.25. The van der Waals surface area contributed by atoms with Gasteiger partial charge < -0.3 is 5.73 Å². The number of anilines is 1. The summed E-state index contributed by atoms with van der Waals surface area (Å²) in [4.78, 5) is 0. The number of fused-ring (bicyclic) bond motifs is 1. The highest BCUT2D eigenvalue weighted by atomic mass is 15.3. The van der Waals surface area contributed by atoms with Crippen molar-refractivity contribution in [2.45, 2.75) is 71.6 Å². The molecule has 1 heterocycles. The van der Waals surface area contributed by atoms with Crippen LogP contribution in [0.3, 0.4) is 0 Å². The number of benzene rings is 1. The third kappa shape index (κ3) is 3.96. The van der Waals surface area contributed by atoms with Crippen LogP contribution in [-0.4, -0.2) is 15.4 Å². The molecule has 0 atom stereocenters. The Morgan fingerprint density at radius 2 is 1.76 bits per heavy atom. The van der Waals surface area contributed by atoms with E-state index in [2.05, 4.69) is 35.3 Å². The number of nitrogens with zero attached hydrogens (tertiary/aromatic N) is 2. The molecule has 4 nitrogen and oxygen atoms in total. The lowest BCUT2D eigenvalue weighted by Crippen LogP contribution is -2.01. The first-order valence-corrected chi connectivity index (χ1v) is 8.38. The lowest BCUT2D eigenvalue weighted by molar-refractivity contribution is 0.589. The van der Waals surface area contributed by atoms with Crippen molar-refractivity contribution in [3.05, 3.63) is 17.2 Å². The molecule has 0 fully saturated rings. The van der Waals surface area contributed by atoms with Gasteiger partial charge in [0.2, 0.25) is 0 Å². The Morgan fingerprint density at radius 1 is 1.05 bits per heavy atom. The highest BCUT2D eigenvalue weighted by molar-refractivity contribution is 5.84. The summed E-state index contributed by atoms with van der Waals surface area (Å²) in [5, 5.41) is 11.0.